The molecule has 0 radical (unpaired) electrons. The van der Waals surface area contributed by atoms with Crippen molar-refractivity contribution in [2.24, 2.45) is 0 Å². The van der Waals surface area contributed by atoms with Gasteiger partial charge >= 0.3 is 0 Å². The molecule has 100 valence electrons. The molecule has 1 amide bonds. The number of benzene rings is 1. The van der Waals surface area contributed by atoms with E-state index in [0.29, 0.717) is 6.42 Å². The van der Waals surface area contributed by atoms with E-state index in [9.17, 15) is 4.79 Å². The number of rotatable bonds is 4. The maximum Gasteiger partial charge on any atom is 0.224 e. The summed E-state index contributed by atoms with van der Waals surface area (Å²) in [7, 11) is 0. The van der Waals surface area contributed by atoms with Crippen molar-refractivity contribution in [2.45, 2.75) is 33.6 Å². The van der Waals surface area contributed by atoms with Crippen LogP contribution in [0.2, 0.25) is 0 Å². The van der Waals surface area contributed by atoms with Crippen molar-refractivity contribution in [3.05, 3.63) is 41.7 Å². The van der Waals surface area contributed by atoms with Crippen molar-refractivity contribution >= 4 is 11.6 Å². The van der Waals surface area contributed by atoms with Gasteiger partial charge in [0, 0.05) is 12.6 Å². The van der Waals surface area contributed by atoms with Crippen LogP contribution in [-0.4, -0.2) is 15.7 Å². The molecule has 1 aromatic carbocycles. The fraction of sp³-hybridized carbons (Fsp3) is 0.333. The molecular weight excluding hydrogens is 238 g/mol. The average molecular weight is 257 g/mol. The number of aryl methyl sites for hydroxylation is 2. The molecule has 0 unspecified atom stereocenters. The number of hydrogen-bond acceptors (Lipinski definition) is 2. The lowest BCUT2D eigenvalue weighted by Gasteiger charge is -2.12. The molecule has 0 bridgehead atoms. The number of nitrogens with one attached hydrogen (secondary N) is 1. The van der Waals surface area contributed by atoms with Gasteiger partial charge < -0.3 is 5.32 Å². The highest BCUT2D eigenvalue weighted by Gasteiger charge is 2.09. The summed E-state index contributed by atoms with van der Waals surface area (Å²) in [6.07, 6.45) is 5.12. The fourth-order valence-corrected chi connectivity index (χ4v) is 1.93. The molecule has 0 aliphatic carbocycles. The van der Waals surface area contributed by atoms with Gasteiger partial charge in [0.15, 0.2) is 0 Å². The van der Waals surface area contributed by atoms with Crippen LogP contribution in [0.4, 0.5) is 5.69 Å². The normalized spacial score (nSPS) is 10.5. The molecule has 19 heavy (non-hydrogen) atoms. The van der Waals surface area contributed by atoms with Crippen LogP contribution in [-0.2, 0) is 4.79 Å². The van der Waals surface area contributed by atoms with Crippen molar-refractivity contribution in [3.63, 3.8) is 0 Å². The van der Waals surface area contributed by atoms with Crippen molar-refractivity contribution in [1.29, 1.82) is 0 Å². The predicted molar refractivity (Wildman–Crippen MR) is 76.6 cm³/mol. The van der Waals surface area contributed by atoms with Crippen LogP contribution in [0.3, 0.4) is 0 Å². The van der Waals surface area contributed by atoms with E-state index in [1.54, 1.807) is 10.9 Å². The molecule has 0 fully saturated rings. The summed E-state index contributed by atoms with van der Waals surface area (Å²) in [5, 5.41) is 7.26. The van der Waals surface area contributed by atoms with Crippen molar-refractivity contribution < 1.29 is 4.79 Å². The first-order valence-corrected chi connectivity index (χ1v) is 6.52. The molecule has 2 aromatic rings. The average Bonchev–Trinajstić information content (AvgIpc) is 2.76. The highest BCUT2D eigenvalue weighted by atomic mass is 16.1. The third-order valence-electron chi connectivity index (χ3n) is 2.86. The van der Waals surface area contributed by atoms with E-state index in [-0.39, 0.29) is 5.91 Å². The van der Waals surface area contributed by atoms with Gasteiger partial charge in [0.25, 0.3) is 0 Å². The van der Waals surface area contributed by atoms with E-state index in [4.69, 9.17) is 0 Å². The van der Waals surface area contributed by atoms with E-state index in [1.165, 1.54) is 0 Å². The minimum absolute atomic E-state index is 0.0400. The number of anilines is 1. The van der Waals surface area contributed by atoms with Gasteiger partial charge in [0.05, 0.1) is 17.6 Å². The highest BCUT2D eigenvalue weighted by Crippen LogP contribution is 2.22. The van der Waals surface area contributed by atoms with Crippen LogP contribution in [0.25, 0.3) is 5.69 Å². The van der Waals surface area contributed by atoms with E-state index in [2.05, 4.69) is 10.4 Å². The standard InChI is InChI=1S/C15H19N3O/c1-4-5-15(19)17-13-8-11(2)6-7-14(13)18-10-12(3)9-16-18/h6-10H,4-5H2,1-3H3,(H,17,19). The Morgan fingerprint density at radius 3 is 2.74 bits per heavy atom. The summed E-state index contributed by atoms with van der Waals surface area (Å²) in [6.45, 7) is 5.99. The highest BCUT2D eigenvalue weighted by molar-refractivity contribution is 5.92. The Balaban J connectivity index is 2.35. The number of amides is 1. The first kappa shape index (κ1) is 13.3. The zero-order chi connectivity index (χ0) is 13.8. The summed E-state index contributed by atoms with van der Waals surface area (Å²) in [6, 6.07) is 5.96. The topological polar surface area (TPSA) is 46.9 Å². The second-order valence-electron chi connectivity index (χ2n) is 4.78. The Hall–Kier alpha value is -2.10. The van der Waals surface area contributed by atoms with Crippen molar-refractivity contribution in [1.82, 2.24) is 9.78 Å². The minimum atomic E-state index is 0.0400. The summed E-state index contributed by atoms with van der Waals surface area (Å²) >= 11 is 0. The van der Waals surface area contributed by atoms with Crippen LogP contribution in [0.1, 0.15) is 30.9 Å². The van der Waals surface area contributed by atoms with Crippen LogP contribution in [0.15, 0.2) is 30.6 Å². The zero-order valence-electron chi connectivity index (χ0n) is 11.6. The summed E-state index contributed by atoms with van der Waals surface area (Å²) < 4.78 is 1.79. The Bertz CT molecular complexity index is 587. The molecule has 0 saturated carbocycles. The lowest BCUT2D eigenvalue weighted by Crippen LogP contribution is -2.13. The van der Waals surface area contributed by atoms with Gasteiger partial charge in [-0.2, -0.15) is 5.10 Å². The van der Waals surface area contributed by atoms with E-state index < -0.39 is 0 Å². The smallest absolute Gasteiger partial charge is 0.224 e. The van der Waals surface area contributed by atoms with Gasteiger partial charge in [0.1, 0.15) is 0 Å². The van der Waals surface area contributed by atoms with Crippen molar-refractivity contribution in [3.8, 4) is 5.69 Å². The third kappa shape index (κ3) is 3.22. The number of carbonyl (C=O) groups excluding carboxylic acids is 1. The van der Waals surface area contributed by atoms with Crippen molar-refractivity contribution in [2.75, 3.05) is 5.32 Å². The summed E-state index contributed by atoms with van der Waals surface area (Å²) in [5.74, 6) is 0.0400. The monoisotopic (exact) mass is 257 g/mol. The minimum Gasteiger partial charge on any atom is -0.324 e. The Labute approximate surface area is 113 Å². The van der Waals surface area contributed by atoms with Gasteiger partial charge in [-0.15, -0.1) is 0 Å². The Morgan fingerprint density at radius 2 is 2.11 bits per heavy atom. The van der Waals surface area contributed by atoms with Crippen LogP contribution in [0.5, 0.6) is 0 Å². The number of hydrogen-bond donors (Lipinski definition) is 1. The van der Waals surface area contributed by atoms with Gasteiger partial charge in [-0.3, -0.25) is 4.79 Å². The molecule has 0 aliphatic rings. The number of aromatic nitrogens is 2. The summed E-state index contributed by atoms with van der Waals surface area (Å²) in [4.78, 5) is 11.8. The molecule has 1 heterocycles. The Morgan fingerprint density at radius 1 is 1.32 bits per heavy atom. The first-order valence-electron chi connectivity index (χ1n) is 6.52. The maximum absolute atomic E-state index is 11.8. The fourth-order valence-electron chi connectivity index (χ4n) is 1.93. The maximum atomic E-state index is 11.8. The quantitative estimate of drug-likeness (QED) is 0.914. The van der Waals surface area contributed by atoms with Gasteiger partial charge in [-0.1, -0.05) is 13.0 Å². The van der Waals surface area contributed by atoms with Crippen LogP contribution in [0, 0.1) is 13.8 Å². The molecule has 1 N–H and O–H groups in total. The van der Waals surface area contributed by atoms with Gasteiger partial charge in [-0.25, -0.2) is 4.68 Å². The molecule has 0 atom stereocenters. The number of carbonyl (C=O) groups is 1. The van der Waals surface area contributed by atoms with E-state index in [1.807, 2.05) is 45.2 Å². The Kier molecular flexibility index (Phi) is 4.00. The molecule has 0 saturated heterocycles. The lowest BCUT2D eigenvalue weighted by molar-refractivity contribution is -0.116. The molecule has 2 rings (SSSR count). The molecule has 1 aromatic heterocycles. The third-order valence-corrected chi connectivity index (χ3v) is 2.86. The second-order valence-corrected chi connectivity index (χ2v) is 4.78. The number of nitrogens with zero attached hydrogens (tertiary/aromatic N) is 2. The SMILES string of the molecule is CCCC(=O)Nc1cc(C)ccc1-n1cc(C)cn1. The van der Waals surface area contributed by atoms with E-state index >= 15 is 0 Å². The van der Waals surface area contributed by atoms with E-state index in [0.717, 1.165) is 28.9 Å². The molecule has 4 heteroatoms. The predicted octanol–water partition coefficient (Wildman–Crippen LogP) is 3.23. The zero-order valence-corrected chi connectivity index (χ0v) is 11.6. The van der Waals surface area contributed by atoms with Crippen LogP contribution < -0.4 is 5.32 Å². The lowest BCUT2D eigenvalue weighted by atomic mass is 10.2. The summed E-state index contributed by atoms with van der Waals surface area (Å²) in [5.41, 5.74) is 3.90. The molecular formula is C15H19N3O. The van der Waals surface area contributed by atoms with Gasteiger partial charge in [0.2, 0.25) is 5.91 Å². The van der Waals surface area contributed by atoms with Gasteiger partial charge in [-0.05, 0) is 43.5 Å². The molecule has 4 nitrogen and oxygen atoms in total. The largest absolute Gasteiger partial charge is 0.324 e. The van der Waals surface area contributed by atoms with Crippen LogP contribution >= 0.6 is 0 Å². The molecule has 0 aliphatic heterocycles. The first-order chi connectivity index (χ1) is 9.10. The second kappa shape index (κ2) is 5.69. The molecule has 0 spiro atoms.